The first-order chi connectivity index (χ1) is 9.49. The molecule has 0 aromatic carbocycles. The zero-order valence-electron chi connectivity index (χ0n) is 12.6. The Bertz CT molecular complexity index is 496. The van der Waals surface area contributed by atoms with Crippen molar-refractivity contribution in [1.29, 1.82) is 0 Å². The summed E-state index contributed by atoms with van der Waals surface area (Å²) in [5.41, 5.74) is 5.95. The number of carbonyl (C=O) groups excluding carboxylic acids is 1. The molecule has 1 unspecified atom stereocenters. The highest BCUT2D eigenvalue weighted by Crippen LogP contribution is 2.07. The van der Waals surface area contributed by atoms with Crippen LogP contribution in [0.3, 0.4) is 0 Å². The zero-order chi connectivity index (χ0) is 15.1. The van der Waals surface area contributed by atoms with Gasteiger partial charge in [-0.15, -0.1) is 0 Å². The SMILES string of the molecule is CCCCN(C(=O)Cn1cc(N)ccc1=O)C(C)CC. The van der Waals surface area contributed by atoms with Gasteiger partial charge in [-0.2, -0.15) is 0 Å². The van der Waals surface area contributed by atoms with Crippen molar-refractivity contribution >= 4 is 11.6 Å². The molecule has 0 aliphatic carbocycles. The number of hydrogen-bond donors (Lipinski definition) is 1. The number of carbonyl (C=O) groups is 1. The van der Waals surface area contributed by atoms with E-state index in [4.69, 9.17) is 5.73 Å². The van der Waals surface area contributed by atoms with E-state index in [1.165, 1.54) is 16.8 Å². The van der Waals surface area contributed by atoms with Crippen LogP contribution in [0.2, 0.25) is 0 Å². The van der Waals surface area contributed by atoms with E-state index < -0.39 is 0 Å². The van der Waals surface area contributed by atoms with Crippen LogP contribution in [0.1, 0.15) is 40.0 Å². The summed E-state index contributed by atoms with van der Waals surface area (Å²) < 4.78 is 1.37. The maximum Gasteiger partial charge on any atom is 0.251 e. The fourth-order valence-corrected chi connectivity index (χ4v) is 2.05. The standard InChI is InChI=1S/C15H25N3O2/c1-4-6-9-18(12(3)5-2)15(20)11-17-10-13(16)7-8-14(17)19/h7-8,10,12H,4-6,9,11,16H2,1-3H3. The van der Waals surface area contributed by atoms with Gasteiger partial charge in [0.05, 0.1) is 0 Å². The molecule has 20 heavy (non-hydrogen) atoms. The van der Waals surface area contributed by atoms with Gasteiger partial charge in [-0.05, 0) is 25.8 Å². The van der Waals surface area contributed by atoms with Crippen LogP contribution >= 0.6 is 0 Å². The van der Waals surface area contributed by atoms with Gasteiger partial charge in [0.15, 0.2) is 0 Å². The number of pyridine rings is 1. The maximum absolute atomic E-state index is 12.4. The van der Waals surface area contributed by atoms with Gasteiger partial charge in [-0.1, -0.05) is 20.3 Å². The van der Waals surface area contributed by atoms with Gasteiger partial charge in [-0.3, -0.25) is 9.59 Å². The second kappa shape index (κ2) is 7.72. The Kier molecular flexibility index (Phi) is 6.28. The second-order valence-electron chi connectivity index (χ2n) is 5.13. The smallest absolute Gasteiger partial charge is 0.251 e. The van der Waals surface area contributed by atoms with Crippen molar-refractivity contribution in [2.75, 3.05) is 12.3 Å². The number of nitrogens with zero attached hydrogens (tertiary/aromatic N) is 2. The summed E-state index contributed by atoms with van der Waals surface area (Å²) in [5, 5.41) is 0. The lowest BCUT2D eigenvalue weighted by Crippen LogP contribution is -2.42. The molecule has 1 heterocycles. The predicted molar refractivity (Wildman–Crippen MR) is 81.5 cm³/mol. The quantitative estimate of drug-likeness (QED) is 0.828. The van der Waals surface area contributed by atoms with E-state index in [9.17, 15) is 9.59 Å². The molecular weight excluding hydrogens is 254 g/mol. The Morgan fingerprint density at radius 2 is 2.10 bits per heavy atom. The molecule has 112 valence electrons. The van der Waals surface area contributed by atoms with Crippen molar-refractivity contribution in [3.05, 3.63) is 28.7 Å². The van der Waals surface area contributed by atoms with Gasteiger partial charge in [0.1, 0.15) is 6.54 Å². The molecule has 1 aromatic heterocycles. The van der Waals surface area contributed by atoms with E-state index in [1.54, 1.807) is 6.07 Å². The summed E-state index contributed by atoms with van der Waals surface area (Å²) in [7, 11) is 0. The van der Waals surface area contributed by atoms with Gasteiger partial charge in [0.25, 0.3) is 5.56 Å². The minimum Gasteiger partial charge on any atom is -0.398 e. The Balaban J connectivity index is 2.84. The molecule has 0 saturated carbocycles. The third-order valence-corrected chi connectivity index (χ3v) is 3.51. The highest BCUT2D eigenvalue weighted by molar-refractivity contribution is 5.76. The molecule has 0 fully saturated rings. The summed E-state index contributed by atoms with van der Waals surface area (Å²) >= 11 is 0. The second-order valence-corrected chi connectivity index (χ2v) is 5.13. The normalized spacial score (nSPS) is 12.2. The number of anilines is 1. The van der Waals surface area contributed by atoms with Crippen LogP contribution in [0, 0.1) is 0 Å². The van der Waals surface area contributed by atoms with Crippen molar-refractivity contribution in [2.24, 2.45) is 0 Å². The topological polar surface area (TPSA) is 68.3 Å². The van der Waals surface area contributed by atoms with Crippen LogP contribution in [-0.2, 0) is 11.3 Å². The summed E-state index contributed by atoms with van der Waals surface area (Å²) in [6.07, 6.45) is 4.44. The third-order valence-electron chi connectivity index (χ3n) is 3.51. The van der Waals surface area contributed by atoms with Gasteiger partial charge >= 0.3 is 0 Å². The largest absolute Gasteiger partial charge is 0.398 e. The molecule has 5 heteroatoms. The molecule has 1 amide bonds. The number of unbranched alkanes of at least 4 members (excludes halogenated alkanes) is 1. The third kappa shape index (κ3) is 4.40. The maximum atomic E-state index is 12.4. The molecule has 1 atom stereocenters. The molecule has 5 nitrogen and oxygen atoms in total. The number of rotatable bonds is 7. The summed E-state index contributed by atoms with van der Waals surface area (Å²) in [4.78, 5) is 26.0. The Morgan fingerprint density at radius 1 is 1.40 bits per heavy atom. The van der Waals surface area contributed by atoms with Crippen molar-refractivity contribution in [2.45, 2.75) is 52.6 Å². The monoisotopic (exact) mass is 279 g/mol. The first-order valence-electron chi connectivity index (χ1n) is 7.25. The van der Waals surface area contributed by atoms with Crippen molar-refractivity contribution in [3.63, 3.8) is 0 Å². The Hall–Kier alpha value is -1.78. The van der Waals surface area contributed by atoms with E-state index >= 15 is 0 Å². The first kappa shape index (κ1) is 16.3. The lowest BCUT2D eigenvalue weighted by molar-refractivity contribution is -0.134. The molecule has 1 aromatic rings. The molecule has 1 rings (SSSR count). The van der Waals surface area contributed by atoms with Crippen molar-refractivity contribution < 1.29 is 4.79 Å². The molecule has 0 aliphatic heterocycles. The molecule has 0 radical (unpaired) electrons. The van der Waals surface area contributed by atoms with Crippen LogP contribution < -0.4 is 11.3 Å². The molecule has 2 N–H and O–H groups in total. The van der Waals surface area contributed by atoms with E-state index in [0.717, 1.165) is 25.8 Å². The average Bonchev–Trinajstić information content (AvgIpc) is 2.43. The molecule has 0 saturated heterocycles. The van der Waals surface area contributed by atoms with Crippen LogP contribution in [0.5, 0.6) is 0 Å². The lowest BCUT2D eigenvalue weighted by atomic mass is 10.2. The van der Waals surface area contributed by atoms with Crippen LogP contribution in [0.15, 0.2) is 23.1 Å². The van der Waals surface area contributed by atoms with Crippen molar-refractivity contribution in [1.82, 2.24) is 9.47 Å². The van der Waals surface area contributed by atoms with E-state index in [0.29, 0.717) is 5.69 Å². The van der Waals surface area contributed by atoms with Crippen LogP contribution in [0.4, 0.5) is 5.69 Å². The lowest BCUT2D eigenvalue weighted by Gasteiger charge is -2.29. The minimum atomic E-state index is -0.202. The minimum absolute atomic E-state index is 0.0273. The first-order valence-corrected chi connectivity index (χ1v) is 7.25. The zero-order valence-corrected chi connectivity index (χ0v) is 12.6. The molecule has 0 aliphatic rings. The van der Waals surface area contributed by atoms with E-state index in [-0.39, 0.29) is 24.1 Å². The summed E-state index contributed by atoms with van der Waals surface area (Å²) in [6.45, 7) is 6.99. The van der Waals surface area contributed by atoms with Gasteiger partial charge in [0.2, 0.25) is 5.91 Å². The average molecular weight is 279 g/mol. The number of nitrogen functional groups attached to an aromatic ring is 1. The van der Waals surface area contributed by atoms with Crippen LogP contribution in [0.25, 0.3) is 0 Å². The van der Waals surface area contributed by atoms with Gasteiger partial charge in [0, 0.05) is 30.5 Å². The molecular formula is C15H25N3O2. The fraction of sp³-hybridized carbons (Fsp3) is 0.600. The highest BCUT2D eigenvalue weighted by Gasteiger charge is 2.18. The Morgan fingerprint density at radius 3 is 2.70 bits per heavy atom. The highest BCUT2D eigenvalue weighted by atomic mass is 16.2. The van der Waals surface area contributed by atoms with Crippen molar-refractivity contribution in [3.8, 4) is 0 Å². The predicted octanol–water partition coefficient (Wildman–Crippen LogP) is 1.86. The summed E-state index contributed by atoms with van der Waals surface area (Å²) in [6, 6.07) is 3.13. The number of aromatic nitrogens is 1. The van der Waals surface area contributed by atoms with Gasteiger partial charge in [-0.25, -0.2) is 0 Å². The van der Waals surface area contributed by atoms with Crippen LogP contribution in [-0.4, -0.2) is 28.0 Å². The number of nitrogens with two attached hydrogens (primary N) is 1. The van der Waals surface area contributed by atoms with Gasteiger partial charge < -0.3 is 15.2 Å². The summed E-state index contributed by atoms with van der Waals surface area (Å²) in [5.74, 6) is -0.0273. The molecule has 0 spiro atoms. The van der Waals surface area contributed by atoms with E-state index in [1.807, 2.05) is 11.8 Å². The fourth-order valence-electron chi connectivity index (χ4n) is 2.05. The molecule has 0 bridgehead atoms. The number of hydrogen-bond acceptors (Lipinski definition) is 3. The Labute approximate surface area is 120 Å². The van der Waals surface area contributed by atoms with E-state index in [2.05, 4.69) is 13.8 Å². The number of amides is 1.